The smallest absolute Gasteiger partial charge is 0.319 e. The Morgan fingerprint density at radius 3 is 2.73 bits per heavy atom. The molecule has 1 aromatic heterocycles. The SMILES string of the molecule is CN(C)c1cc(Cl)c(-c2ccnc(NCCC3CC3)c2[N+](=O)[O-])cc1F. The molecule has 0 unspecified atom stereocenters. The van der Waals surface area contributed by atoms with E-state index in [4.69, 9.17) is 11.6 Å². The molecule has 1 aromatic carbocycles. The van der Waals surface area contributed by atoms with Crippen molar-refractivity contribution in [3.63, 3.8) is 0 Å². The lowest BCUT2D eigenvalue weighted by molar-refractivity contribution is -0.383. The number of rotatable bonds is 7. The third-order valence-electron chi connectivity index (χ3n) is 4.46. The van der Waals surface area contributed by atoms with Gasteiger partial charge in [-0.2, -0.15) is 0 Å². The Morgan fingerprint density at radius 1 is 1.38 bits per heavy atom. The van der Waals surface area contributed by atoms with E-state index < -0.39 is 10.7 Å². The van der Waals surface area contributed by atoms with Crippen LogP contribution in [-0.2, 0) is 0 Å². The first kappa shape index (κ1) is 18.4. The third kappa shape index (κ3) is 3.88. The average Bonchev–Trinajstić information content (AvgIpc) is 3.40. The maximum Gasteiger partial charge on any atom is 0.319 e. The molecule has 6 nitrogen and oxygen atoms in total. The Morgan fingerprint density at radius 2 is 2.12 bits per heavy atom. The van der Waals surface area contributed by atoms with E-state index in [1.807, 2.05) is 0 Å². The summed E-state index contributed by atoms with van der Waals surface area (Å²) in [7, 11) is 3.40. The second kappa shape index (κ2) is 7.45. The van der Waals surface area contributed by atoms with E-state index in [1.54, 1.807) is 19.0 Å². The zero-order valence-electron chi connectivity index (χ0n) is 14.6. The predicted octanol–water partition coefficient (Wildman–Crippen LogP) is 4.73. The van der Waals surface area contributed by atoms with Crippen LogP contribution in [0.5, 0.6) is 0 Å². The van der Waals surface area contributed by atoms with Gasteiger partial charge in [-0.1, -0.05) is 24.4 Å². The van der Waals surface area contributed by atoms with Gasteiger partial charge in [0.05, 0.1) is 21.2 Å². The summed E-state index contributed by atoms with van der Waals surface area (Å²) in [6.07, 6.45) is 4.85. The second-order valence-corrected chi connectivity index (χ2v) is 7.06. The number of anilines is 2. The highest BCUT2D eigenvalue weighted by Crippen LogP contribution is 2.40. The Kier molecular flexibility index (Phi) is 5.27. The van der Waals surface area contributed by atoms with E-state index in [0.29, 0.717) is 18.2 Å². The van der Waals surface area contributed by atoms with Gasteiger partial charge in [-0.05, 0) is 30.5 Å². The highest BCUT2D eigenvalue weighted by molar-refractivity contribution is 6.33. The highest BCUT2D eigenvalue weighted by Gasteiger charge is 2.26. The van der Waals surface area contributed by atoms with Crippen LogP contribution < -0.4 is 10.2 Å². The molecule has 2 aromatic rings. The number of benzene rings is 1. The summed E-state index contributed by atoms with van der Waals surface area (Å²) in [4.78, 5) is 16.9. The van der Waals surface area contributed by atoms with E-state index in [-0.39, 0.29) is 27.7 Å². The molecule has 26 heavy (non-hydrogen) atoms. The van der Waals surface area contributed by atoms with Crippen LogP contribution in [-0.4, -0.2) is 30.5 Å². The Labute approximate surface area is 156 Å². The van der Waals surface area contributed by atoms with E-state index >= 15 is 0 Å². The van der Waals surface area contributed by atoms with Crippen molar-refractivity contribution in [2.75, 3.05) is 30.9 Å². The van der Waals surface area contributed by atoms with Crippen molar-refractivity contribution >= 4 is 28.8 Å². The van der Waals surface area contributed by atoms with Crippen molar-refractivity contribution in [1.29, 1.82) is 0 Å². The Balaban J connectivity index is 2.01. The highest BCUT2D eigenvalue weighted by atomic mass is 35.5. The van der Waals surface area contributed by atoms with Gasteiger partial charge in [0.25, 0.3) is 0 Å². The fourth-order valence-corrected chi connectivity index (χ4v) is 3.13. The van der Waals surface area contributed by atoms with Crippen molar-refractivity contribution in [3.8, 4) is 11.1 Å². The largest absolute Gasteiger partial charge is 0.375 e. The summed E-state index contributed by atoms with van der Waals surface area (Å²) in [5.41, 5.74) is 0.641. The molecular formula is C18H20ClFN4O2. The summed E-state index contributed by atoms with van der Waals surface area (Å²) in [5.74, 6) is 0.386. The molecule has 3 rings (SSSR count). The van der Waals surface area contributed by atoms with Crippen LogP contribution in [0.3, 0.4) is 0 Å². The molecule has 1 saturated carbocycles. The fourth-order valence-electron chi connectivity index (χ4n) is 2.87. The van der Waals surface area contributed by atoms with Crippen LogP contribution in [0.15, 0.2) is 24.4 Å². The lowest BCUT2D eigenvalue weighted by atomic mass is 10.0. The molecule has 138 valence electrons. The summed E-state index contributed by atoms with van der Waals surface area (Å²) in [6.45, 7) is 0.615. The van der Waals surface area contributed by atoms with Gasteiger partial charge in [0.2, 0.25) is 5.82 Å². The van der Waals surface area contributed by atoms with E-state index in [2.05, 4.69) is 10.3 Å². The quantitative estimate of drug-likeness (QED) is 0.557. The van der Waals surface area contributed by atoms with Crippen molar-refractivity contribution in [1.82, 2.24) is 4.98 Å². The molecule has 0 atom stereocenters. The minimum Gasteiger partial charge on any atom is -0.375 e. The van der Waals surface area contributed by atoms with Gasteiger partial charge in [0.1, 0.15) is 5.82 Å². The Bertz CT molecular complexity index is 840. The molecule has 1 aliphatic carbocycles. The van der Waals surface area contributed by atoms with Crippen LogP contribution in [0.4, 0.5) is 21.6 Å². The Hall–Kier alpha value is -2.41. The topological polar surface area (TPSA) is 71.3 Å². The first-order valence-electron chi connectivity index (χ1n) is 8.42. The molecule has 8 heteroatoms. The zero-order valence-corrected chi connectivity index (χ0v) is 15.4. The van der Waals surface area contributed by atoms with E-state index in [0.717, 1.165) is 6.42 Å². The zero-order chi connectivity index (χ0) is 18.8. The molecule has 1 heterocycles. The molecule has 0 aliphatic heterocycles. The molecule has 1 aliphatic rings. The van der Waals surface area contributed by atoms with Gasteiger partial charge in [-0.3, -0.25) is 10.1 Å². The molecule has 0 radical (unpaired) electrons. The average molecular weight is 379 g/mol. The summed E-state index contributed by atoms with van der Waals surface area (Å²) >= 11 is 6.31. The van der Waals surface area contributed by atoms with Crippen LogP contribution in [0.1, 0.15) is 19.3 Å². The van der Waals surface area contributed by atoms with Crippen molar-refractivity contribution in [3.05, 3.63) is 45.4 Å². The number of nitrogens with zero attached hydrogens (tertiary/aromatic N) is 3. The maximum atomic E-state index is 14.4. The number of hydrogen-bond donors (Lipinski definition) is 1. The minimum absolute atomic E-state index is 0.182. The molecule has 0 bridgehead atoms. The van der Waals surface area contributed by atoms with Crippen LogP contribution in [0.25, 0.3) is 11.1 Å². The van der Waals surface area contributed by atoms with Crippen molar-refractivity contribution < 1.29 is 9.31 Å². The number of nitro groups is 1. The molecule has 0 amide bonds. The number of halogens is 2. The monoisotopic (exact) mass is 378 g/mol. The standard InChI is InChI=1S/C18H20ClFN4O2/c1-23(2)16-10-14(19)13(9-15(16)20)12-6-8-22-18(17(12)24(25)26)21-7-5-11-3-4-11/h6,8-11H,3-5,7H2,1-2H3,(H,21,22). The summed E-state index contributed by atoms with van der Waals surface area (Å²) in [5, 5.41) is 15.0. The minimum atomic E-state index is -0.504. The number of aromatic nitrogens is 1. The normalized spacial score (nSPS) is 13.5. The number of nitrogens with one attached hydrogen (secondary N) is 1. The molecule has 0 spiro atoms. The molecule has 0 saturated heterocycles. The van der Waals surface area contributed by atoms with Gasteiger partial charge in [-0.15, -0.1) is 0 Å². The predicted molar refractivity (Wildman–Crippen MR) is 101 cm³/mol. The van der Waals surface area contributed by atoms with Gasteiger partial charge in [0, 0.05) is 32.4 Å². The summed E-state index contributed by atoms with van der Waals surface area (Å²) in [6, 6.07) is 4.19. The lowest BCUT2D eigenvalue weighted by Gasteiger charge is -2.16. The molecule has 1 N–H and O–H groups in total. The van der Waals surface area contributed by atoms with E-state index in [9.17, 15) is 14.5 Å². The fraction of sp³-hybridized carbons (Fsp3) is 0.389. The van der Waals surface area contributed by atoms with Gasteiger partial charge in [0.15, 0.2) is 0 Å². The van der Waals surface area contributed by atoms with Crippen molar-refractivity contribution in [2.45, 2.75) is 19.3 Å². The number of pyridine rings is 1. The van der Waals surface area contributed by atoms with E-state index in [1.165, 1.54) is 37.2 Å². The van der Waals surface area contributed by atoms with Crippen LogP contribution in [0.2, 0.25) is 5.02 Å². The second-order valence-electron chi connectivity index (χ2n) is 6.65. The van der Waals surface area contributed by atoms with Gasteiger partial charge in [-0.25, -0.2) is 9.37 Å². The van der Waals surface area contributed by atoms with Gasteiger partial charge >= 0.3 is 5.69 Å². The third-order valence-corrected chi connectivity index (χ3v) is 4.77. The maximum absolute atomic E-state index is 14.4. The number of hydrogen-bond acceptors (Lipinski definition) is 5. The first-order chi connectivity index (χ1) is 12.4. The summed E-state index contributed by atoms with van der Waals surface area (Å²) < 4.78 is 14.4. The van der Waals surface area contributed by atoms with Gasteiger partial charge < -0.3 is 10.2 Å². The lowest BCUT2D eigenvalue weighted by Crippen LogP contribution is -2.11. The van der Waals surface area contributed by atoms with Crippen LogP contribution >= 0.6 is 11.6 Å². The molecular weight excluding hydrogens is 359 g/mol. The first-order valence-corrected chi connectivity index (χ1v) is 8.80. The van der Waals surface area contributed by atoms with Crippen molar-refractivity contribution in [2.24, 2.45) is 5.92 Å². The van der Waals surface area contributed by atoms with Crippen LogP contribution in [0, 0.1) is 21.8 Å². The molecule has 1 fully saturated rings.